The van der Waals surface area contributed by atoms with Crippen LogP contribution >= 0.6 is 0 Å². The molecular formula is C5H12B2O10Zn3. The molecule has 0 rings (SSSR count). The van der Waals surface area contributed by atoms with Crippen molar-refractivity contribution in [3.63, 3.8) is 0 Å². The Kier molecular flexibility index (Phi) is 48.1. The largest absolute Gasteiger partial charge is 2.00 e. The molecule has 0 atom stereocenters. The molecule has 0 aliphatic heterocycles. The molecule has 0 aromatic rings. The topological polar surface area (TPSA) is 219 Å². The number of hydrogen-bond acceptors (Lipinski definition) is 10. The second kappa shape index (κ2) is 25.5. The molecule has 0 spiro atoms. The molecule has 104 valence electrons. The Morgan fingerprint density at radius 3 is 0.650 bits per heavy atom. The fraction of sp³-hybridized carbons (Fsp3) is 1.00. The van der Waals surface area contributed by atoms with E-state index in [1.54, 1.807) is 0 Å². The van der Waals surface area contributed by atoms with Crippen LogP contribution in [0.5, 0.6) is 0 Å². The van der Waals surface area contributed by atoms with Crippen molar-refractivity contribution in [3.05, 3.63) is 0 Å². The number of rotatable bonds is 4. The van der Waals surface area contributed by atoms with E-state index in [4.69, 9.17) is 50.6 Å². The van der Waals surface area contributed by atoms with Gasteiger partial charge in [-0.3, -0.25) is 14.6 Å². The van der Waals surface area contributed by atoms with Gasteiger partial charge in [0, 0.05) is 0 Å². The molecule has 10 nitrogen and oxygen atoms in total. The summed E-state index contributed by atoms with van der Waals surface area (Å²) < 4.78 is 0. The Hall–Kier alpha value is 1.60. The summed E-state index contributed by atoms with van der Waals surface area (Å²) in [5.74, 6) is 0. The van der Waals surface area contributed by atoms with Crippen molar-refractivity contribution in [2.45, 2.75) is 0 Å². The quantitative estimate of drug-likeness (QED) is 0.296. The van der Waals surface area contributed by atoms with Crippen LogP contribution in [0.1, 0.15) is 0 Å². The van der Waals surface area contributed by atoms with Crippen LogP contribution in [0.4, 0.5) is 0 Å². The van der Waals surface area contributed by atoms with Gasteiger partial charge in [-0.1, -0.05) is 0 Å². The first-order valence-corrected chi connectivity index (χ1v) is 4.09. The van der Waals surface area contributed by atoms with E-state index >= 15 is 0 Å². The third-order valence-corrected chi connectivity index (χ3v) is 1.34. The van der Waals surface area contributed by atoms with Crippen molar-refractivity contribution in [2.24, 2.45) is 5.41 Å². The first-order valence-electron chi connectivity index (χ1n) is 4.09. The Bertz CT molecular complexity index is 124. The zero-order valence-electron chi connectivity index (χ0n) is 10.8. The predicted octanol–water partition coefficient (Wildman–Crippen LogP) is -9.96. The first kappa shape index (κ1) is 37.7. The maximum Gasteiger partial charge on any atom is 2.00 e. The van der Waals surface area contributed by atoms with Crippen molar-refractivity contribution in [1.29, 1.82) is 0 Å². The third-order valence-electron chi connectivity index (χ3n) is 1.34. The Balaban J connectivity index is -0.0000000386. The molecule has 0 aliphatic rings. The minimum absolute atomic E-state index is 0. The predicted molar refractivity (Wildman–Crippen MR) is 42.3 cm³/mol. The van der Waals surface area contributed by atoms with Crippen LogP contribution < -0.4 is 30.1 Å². The van der Waals surface area contributed by atoms with Gasteiger partial charge in [0.05, 0.1) is 31.8 Å². The molecule has 0 aromatic carbocycles. The SMILES string of the molecule is OCC(CO)(CO)CO.[O-]B([O-])[O-].[O-]B([O-])[O-].[Zn+2].[Zn+2].[Zn+2]. The van der Waals surface area contributed by atoms with E-state index in [0.717, 1.165) is 0 Å². The van der Waals surface area contributed by atoms with Gasteiger partial charge in [-0.05, 0) is 0 Å². The summed E-state index contributed by atoms with van der Waals surface area (Å²) in [7, 11) is -5.83. The molecule has 0 aliphatic carbocycles. The molecule has 20 heavy (non-hydrogen) atoms. The molecule has 0 unspecified atom stereocenters. The molecule has 0 aromatic heterocycles. The van der Waals surface area contributed by atoms with E-state index in [-0.39, 0.29) is 58.4 Å². The van der Waals surface area contributed by atoms with Gasteiger partial charge in [-0.15, -0.1) is 0 Å². The van der Waals surface area contributed by atoms with Gasteiger partial charge in [0.25, 0.3) is 0 Å². The number of aliphatic hydroxyl groups excluding tert-OH is 4. The monoisotopic (exact) mass is 446 g/mol. The normalized spacial score (nSPS) is 8.10. The summed E-state index contributed by atoms with van der Waals surface area (Å²) in [6.45, 7) is -1.62. The molecule has 0 heterocycles. The summed E-state index contributed by atoms with van der Waals surface area (Å²) in [4.78, 5) is 0. The maximum absolute atomic E-state index is 8.50. The molecule has 0 saturated carbocycles. The number of hydrogen-bond donors (Lipinski definition) is 4. The van der Waals surface area contributed by atoms with Crippen molar-refractivity contribution >= 4 is 14.6 Å². The summed E-state index contributed by atoms with van der Waals surface area (Å²) in [6, 6.07) is 0. The van der Waals surface area contributed by atoms with Crippen LogP contribution in [0.3, 0.4) is 0 Å². The van der Waals surface area contributed by atoms with Gasteiger partial charge in [-0.25, -0.2) is 0 Å². The van der Waals surface area contributed by atoms with Gasteiger partial charge in [0.2, 0.25) is 0 Å². The Morgan fingerprint density at radius 2 is 0.650 bits per heavy atom. The van der Waals surface area contributed by atoms with E-state index in [1.807, 2.05) is 0 Å². The standard InChI is InChI=1S/C5H12O4.2BO3.3Zn/c6-1-5(2-7,3-8)4-9;2*2-1(3)4;;;/h6-9H,1-4H2;;;;;/q;2*-3;3*+2. The zero-order valence-corrected chi connectivity index (χ0v) is 19.7. The fourth-order valence-electron chi connectivity index (χ4n) is 0.300. The summed E-state index contributed by atoms with van der Waals surface area (Å²) >= 11 is 0. The minimum atomic E-state index is -2.92. The maximum atomic E-state index is 8.50. The zero-order chi connectivity index (χ0) is 14.5. The summed E-state index contributed by atoms with van der Waals surface area (Å²) in [5.41, 5.74) is -1.11. The van der Waals surface area contributed by atoms with Crippen LogP contribution in [0.2, 0.25) is 0 Å². The second-order valence-corrected chi connectivity index (χ2v) is 2.71. The van der Waals surface area contributed by atoms with Crippen LogP contribution in [0.15, 0.2) is 0 Å². The van der Waals surface area contributed by atoms with Crippen molar-refractivity contribution in [1.82, 2.24) is 0 Å². The molecule has 0 saturated heterocycles. The number of aliphatic hydroxyl groups is 4. The van der Waals surface area contributed by atoms with Crippen molar-refractivity contribution in [3.8, 4) is 0 Å². The van der Waals surface area contributed by atoms with E-state index in [0.29, 0.717) is 0 Å². The smallest absolute Gasteiger partial charge is 0.907 e. The molecule has 0 amide bonds. The second-order valence-electron chi connectivity index (χ2n) is 2.71. The van der Waals surface area contributed by atoms with E-state index in [1.165, 1.54) is 0 Å². The van der Waals surface area contributed by atoms with Gasteiger partial charge < -0.3 is 50.6 Å². The van der Waals surface area contributed by atoms with E-state index in [2.05, 4.69) is 0 Å². The van der Waals surface area contributed by atoms with Gasteiger partial charge in [0.1, 0.15) is 0 Å². The van der Waals surface area contributed by atoms with Gasteiger partial charge >= 0.3 is 58.4 Å². The third kappa shape index (κ3) is 36.7. The summed E-state index contributed by atoms with van der Waals surface area (Å²) in [6.07, 6.45) is 0. The Morgan fingerprint density at radius 1 is 0.550 bits per heavy atom. The minimum Gasteiger partial charge on any atom is -0.907 e. The molecule has 4 N–H and O–H groups in total. The van der Waals surface area contributed by atoms with Crippen LogP contribution in [-0.4, -0.2) is 61.5 Å². The molecule has 0 radical (unpaired) electrons. The Labute approximate surface area is 155 Å². The van der Waals surface area contributed by atoms with Crippen LogP contribution in [0.25, 0.3) is 0 Å². The molecule has 0 fully saturated rings. The van der Waals surface area contributed by atoms with E-state index < -0.39 is 46.5 Å². The fourth-order valence-corrected chi connectivity index (χ4v) is 0.300. The average molecular weight is 450 g/mol. The van der Waals surface area contributed by atoms with Crippen LogP contribution in [0, 0.1) is 5.41 Å². The first-order chi connectivity index (χ1) is 7.71. The van der Waals surface area contributed by atoms with Crippen LogP contribution in [-0.2, 0) is 58.4 Å². The summed E-state index contributed by atoms with van der Waals surface area (Å²) in [5, 5.41) is 84.5. The van der Waals surface area contributed by atoms with Crippen molar-refractivity contribution < 1.29 is 109 Å². The van der Waals surface area contributed by atoms with Gasteiger partial charge in [0.15, 0.2) is 0 Å². The van der Waals surface area contributed by atoms with E-state index in [9.17, 15) is 0 Å². The molecule has 0 bridgehead atoms. The average Bonchev–Trinajstić information content (AvgIpc) is 2.20. The molecule has 15 heteroatoms. The van der Waals surface area contributed by atoms with Crippen molar-refractivity contribution in [2.75, 3.05) is 26.4 Å². The molecular weight excluding hydrogens is 438 g/mol. The van der Waals surface area contributed by atoms with Gasteiger partial charge in [-0.2, -0.15) is 0 Å².